The predicted octanol–water partition coefficient (Wildman–Crippen LogP) is 0.902. The largest absolute Gasteiger partial charge is 0.369 e. The second kappa shape index (κ2) is 7.47. The highest BCUT2D eigenvalue weighted by molar-refractivity contribution is 8.14. The number of nitrogens with zero attached hydrogens (tertiary/aromatic N) is 3. The number of nitrogens with two attached hydrogens (primary N) is 1. The van der Waals surface area contributed by atoms with Crippen molar-refractivity contribution in [1.29, 1.82) is 10.5 Å². The van der Waals surface area contributed by atoms with Gasteiger partial charge in [-0.15, -0.1) is 0 Å². The number of amides is 1. The van der Waals surface area contributed by atoms with Crippen molar-refractivity contribution in [1.82, 2.24) is 0 Å². The van der Waals surface area contributed by atoms with Gasteiger partial charge in [-0.3, -0.25) is 4.79 Å². The van der Waals surface area contributed by atoms with Crippen LogP contribution >= 0.6 is 23.4 Å². The Labute approximate surface area is 143 Å². The number of hydrogen-bond donors (Lipinski definition) is 2. The summed E-state index contributed by atoms with van der Waals surface area (Å²) in [5.41, 5.74) is 9.79. The van der Waals surface area contributed by atoms with Crippen molar-refractivity contribution in [2.24, 2.45) is 22.6 Å². The number of carbonyl (C=O) groups excluding carboxylic acids is 1. The molecule has 1 heterocycles. The molecule has 23 heavy (non-hydrogen) atoms. The third-order valence-electron chi connectivity index (χ3n) is 3.63. The Morgan fingerprint density at radius 2 is 2.09 bits per heavy atom. The molecule has 1 aliphatic rings. The molecule has 0 aromatic heterocycles. The average molecular weight is 349 g/mol. The lowest BCUT2D eigenvalue weighted by Gasteiger charge is -2.32. The summed E-state index contributed by atoms with van der Waals surface area (Å²) in [4.78, 5) is 15.4. The molecule has 1 aromatic rings. The molecule has 2 rings (SSSR count). The quantitative estimate of drug-likeness (QED) is 0.839. The van der Waals surface area contributed by atoms with Gasteiger partial charge in [-0.1, -0.05) is 41.6 Å². The number of rotatable bonds is 3. The fourth-order valence-electron chi connectivity index (χ4n) is 2.62. The standard InChI is InChI=1S/C15H14ClN5OS/c16-11-4-2-1-3-8(11)13-9(5-17)14(20)21-15(10(13)6-18)23-7-12(19)22/h1-4,9-10,13-14H,7,20H2,(H2,19,22)/p+1/t9-,10?,13+,14-/m1/s1. The summed E-state index contributed by atoms with van der Waals surface area (Å²) < 4.78 is 0. The molecular weight excluding hydrogens is 334 g/mol. The first kappa shape index (κ1) is 17.3. The van der Waals surface area contributed by atoms with Gasteiger partial charge in [0.25, 0.3) is 0 Å². The van der Waals surface area contributed by atoms with E-state index >= 15 is 0 Å². The first-order valence-corrected chi connectivity index (χ1v) is 8.21. The number of carbonyl (C=O) groups is 1. The third kappa shape index (κ3) is 3.65. The van der Waals surface area contributed by atoms with Crippen LogP contribution in [-0.2, 0) is 4.79 Å². The number of hydrogen-bond acceptors (Lipinski definition) is 5. The summed E-state index contributed by atoms with van der Waals surface area (Å²) >= 11 is 7.38. The molecule has 0 aliphatic carbocycles. The van der Waals surface area contributed by atoms with Crippen molar-refractivity contribution in [3.05, 3.63) is 34.9 Å². The van der Waals surface area contributed by atoms with Crippen molar-refractivity contribution in [3.8, 4) is 12.1 Å². The monoisotopic (exact) mass is 348 g/mol. The van der Waals surface area contributed by atoms with Gasteiger partial charge in [-0.25, -0.2) is 4.99 Å². The van der Waals surface area contributed by atoms with Crippen LogP contribution in [0.5, 0.6) is 0 Å². The normalized spacial score (nSPS) is 26.7. The molecule has 1 amide bonds. The Hall–Kier alpha value is -2.06. The lowest BCUT2D eigenvalue weighted by atomic mass is 9.75. The van der Waals surface area contributed by atoms with Crippen LogP contribution in [0.15, 0.2) is 29.3 Å². The molecule has 0 fully saturated rings. The van der Waals surface area contributed by atoms with E-state index in [1.165, 1.54) is 0 Å². The molecule has 0 spiro atoms. The SMILES string of the molecule is N#CC1C(SCC(N)=O)=N[C@@H]([NH3+])[C@H](C#N)[C@@H]1c1ccccc1Cl. The zero-order valence-electron chi connectivity index (χ0n) is 12.1. The van der Waals surface area contributed by atoms with Crippen molar-refractivity contribution < 1.29 is 10.5 Å². The van der Waals surface area contributed by atoms with Crippen LogP contribution in [0.2, 0.25) is 5.02 Å². The van der Waals surface area contributed by atoms with Crippen molar-refractivity contribution in [2.75, 3.05) is 5.75 Å². The molecule has 4 atom stereocenters. The molecule has 118 valence electrons. The highest BCUT2D eigenvalue weighted by Gasteiger charge is 2.44. The van der Waals surface area contributed by atoms with Crippen LogP contribution in [-0.4, -0.2) is 22.9 Å². The van der Waals surface area contributed by atoms with Gasteiger partial charge in [0, 0.05) is 10.9 Å². The van der Waals surface area contributed by atoms with Gasteiger partial charge in [0.15, 0.2) is 6.17 Å². The van der Waals surface area contributed by atoms with Crippen molar-refractivity contribution in [2.45, 2.75) is 12.1 Å². The van der Waals surface area contributed by atoms with E-state index in [0.29, 0.717) is 15.6 Å². The van der Waals surface area contributed by atoms with Crippen molar-refractivity contribution in [3.63, 3.8) is 0 Å². The smallest absolute Gasteiger partial charge is 0.227 e. The minimum atomic E-state index is -0.665. The van der Waals surface area contributed by atoms with E-state index < -0.39 is 29.8 Å². The van der Waals surface area contributed by atoms with Crippen LogP contribution in [0.4, 0.5) is 0 Å². The Bertz CT molecular complexity index is 723. The molecule has 1 unspecified atom stereocenters. The molecule has 5 N–H and O–H groups in total. The highest BCUT2D eigenvalue weighted by Crippen LogP contribution is 2.42. The molecule has 6 nitrogen and oxygen atoms in total. The van der Waals surface area contributed by atoms with Gasteiger partial charge in [-0.2, -0.15) is 10.5 Å². The summed E-state index contributed by atoms with van der Waals surface area (Å²) in [6.45, 7) is 0. The number of halogens is 1. The lowest BCUT2D eigenvalue weighted by Crippen LogP contribution is -2.66. The Morgan fingerprint density at radius 1 is 1.39 bits per heavy atom. The number of benzene rings is 1. The minimum Gasteiger partial charge on any atom is -0.369 e. The molecule has 1 aromatic carbocycles. The molecule has 0 saturated carbocycles. The second-order valence-corrected chi connectivity index (χ2v) is 6.50. The minimum absolute atomic E-state index is 0.0240. The second-order valence-electron chi connectivity index (χ2n) is 5.10. The van der Waals surface area contributed by atoms with Gasteiger partial charge in [-0.05, 0) is 11.6 Å². The predicted molar refractivity (Wildman–Crippen MR) is 88.2 cm³/mol. The van der Waals surface area contributed by atoms with Gasteiger partial charge >= 0.3 is 0 Å². The van der Waals surface area contributed by atoms with E-state index in [0.717, 1.165) is 11.8 Å². The summed E-state index contributed by atoms with van der Waals surface area (Å²) in [5, 5.41) is 20.1. The van der Waals surface area contributed by atoms with Crippen LogP contribution in [0.25, 0.3) is 0 Å². The van der Waals surface area contributed by atoms with Crippen molar-refractivity contribution >= 4 is 34.3 Å². The van der Waals surface area contributed by atoms with Crippen LogP contribution in [0.1, 0.15) is 11.5 Å². The maximum atomic E-state index is 11.0. The molecular formula is C15H15ClN5OS+. The number of nitriles is 2. The summed E-state index contributed by atoms with van der Waals surface area (Å²) in [5.74, 6) is -2.16. The topological polar surface area (TPSA) is 131 Å². The molecule has 0 bridgehead atoms. The third-order valence-corrected chi connectivity index (χ3v) is 5.06. The molecule has 1 aliphatic heterocycles. The number of quaternary nitrogens is 1. The fraction of sp³-hybridized carbons (Fsp3) is 0.333. The van der Waals surface area contributed by atoms with Gasteiger partial charge in [0.05, 0.1) is 22.9 Å². The molecule has 0 radical (unpaired) electrons. The zero-order valence-corrected chi connectivity index (χ0v) is 13.7. The Kier molecular flexibility index (Phi) is 5.62. The Morgan fingerprint density at radius 3 is 2.65 bits per heavy atom. The van der Waals surface area contributed by atoms with E-state index in [1.807, 2.05) is 6.07 Å². The first-order valence-electron chi connectivity index (χ1n) is 6.85. The van der Waals surface area contributed by atoms with E-state index in [-0.39, 0.29) is 5.75 Å². The van der Waals surface area contributed by atoms with Gasteiger partial charge in [0.2, 0.25) is 5.91 Å². The van der Waals surface area contributed by atoms with E-state index in [1.54, 1.807) is 18.2 Å². The number of thioether (sulfide) groups is 1. The highest BCUT2D eigenvalue weighted by atomic mass is 35.5. The van der Waals surface area contributed by atoms with E-state index in [9.17, 15) is 15.3 Å². The zero-order chi connectivity index (χ0) is 17.0. The van der Waals surface area contributed by atoms with E-state index in [4.69, 9.17) is 17.3 Å². The van der Waals surface area contributed by atoms with Gasteiger partial charge in [0.1, 0.15) is 11.8 Å². The first-order chi connectivity index (χ1) is 11.0. The number of primary amides is 1. The molecule has 0 saturated heterocycles. The van der Waals surface area contributed by atoms with Crippen LogP contribution in [0.3, 0.4) is 0 Å². The molecule has 8 heteroatoms. The average Bonchev–Trinajstić information content (AvgIpc) is 2.52. The summed E-state index contributed by atoms with van der Waals surface area (Å²) in [6.07, 6.45) is -0.541. The maximum Gasteiger partial charge on any atom is 0.227 e. The van der Waals surface area contributed by atoms with Gasteiger partial charge < -0.3 is 11.5 Å². The van der Waals surface area contributed by atoms with E-state index in [2.05, 4.69) is 22.9 Å². The van der Waals surface area contributed by atoms with Crippen LogP contribution in [0, 0.1) is 34.5 Å². The summed E-state index contributed by atoms with van der Waals surface area (Å²) in [7, 11) is 0. The maximum absolute atomic E-state index is 11.0. The number of aliphatic imine (C=N–C) groups is 1. The Balaban J connectivity index is 2.48. The fourth-order valence-corrected chi connectivity index (χ4v) is 3.76. The lowest BCUT2D eigenvalue weighted by molar-refractivity contribution is -0.428. The summed E-state index contributed by atoms with van der Waals surface area (Å²) in [6, 6.07) is 11.5. The van der Waals surface area contributed by atoms with Crippen LogP contribution < -0.4 is 11.5 Å².